The van der Waals surface area contributed by atoms with Gasteiger partial charge in [0.25, 0.3) is 5.91 Å². The molecule has 0 aliphatic carbocycles. The zero-order valence-electron chi connectivity index (χ0n) is 10.4. The third kappa shape index (κ3) is 1.82. The lowest BCUT2D eigenvalue weighted by atomic mass is 10.1. The highest BCUT2D eigenvalue weighted by Gasteiger charge is 2.31. The maximum Gasteiger partial charge on any atom is 0.293 e. The van der Waals surface area contributed by atoms with E-state index >= 15 is 0 Å². The highest BCUT2D eigenvalue weighted by atomic mass is 16.3. The topological polar surface area (TPSA) is 40.5 Å². The van der Waals surface area contributed by atoms with Crippen LogP contribution in [0.1, 0.15) is 24.5 Å². The molecular formula is C14H17NO2. The minimum atomic E-state index is -0.278. The van der Waals surface area contributed by atoms with Crippen LogP contribution in [0.3, 0.4) is 0 Å². The van der Waals surface area contributed by atoms with Crippen LogP contribution in [0.4, 0.5) is 5.69 Å². The summed E-state index contributed by atoms with van der Waals surface area (Å²) < 4.78 is 0. The molecule has 3 heteroatoms. The molecule has 1 aromatic rings. The lowest BCUT2D eigenvalue weighted by Crippen LogP contribution is -2.28. The summed E-state index contributed by atoms with van der Waals surface area (Å²) >= 11 is 0. The van der Waals surface area contributed by atoms with Crippen LogP contribution in [0.5, 0.6) is 0 Å². The van der Waals surface area contributed by atoms with Gasteiger partial charge in [-0.2, -0.15) is 0 Å². The van der Waals surface area contributed by atoms with E-state index in [4.69, 9.17) is 0 Å². The summed E-state index contributed by atoms with van der Waals surface area (Å²) in [7, 11) is 0. The number of aliphatic hydroxyl groups is 1. The summed E-state index contributed by atoms with van der Waals surface area (Å²) in [6.45, 7) is 6.42. The Balaban J connectivity index is 2.42. The molecule has 0 saturated carbocycles. The molecule has 2 rings (SSSR count). The van der Waals surface area contributed by atoms with Crippen molar-refractivity contribution in [2.24, 2.45) is 0 Å². The van der Waals surface area contributed by atoms with Crippen molar-refractivity contribution in [3.63, 3.8) is 0 Å². The number of carbonyl (C=O) groups is 1. The van der Waals surface area contributed by atoms with Crippen molar-refractivity contribution in [1.29, 1.82) is 0 Å². The van der Waals surface area contributed by atoms with E-state index in [2.05, 4.69) is 0 Å². The number of rotatable bonds is 2. The van der Waals surface area contributed by atoms with Gasteiger partial charge in [-0.1, -0.05) is 25.1 Å². The van der Waals surface area contributed by atoms with Gasteiger partial charge in [0, 0.05) is 0 Å². The van der Waals surface area contributed by atoms with E-state index in [-0.39, 0.29) is 11.7 Å². The fraction of sp³-hybridized carbons (Fsp3) is 0.357. The minimum absolute atomic E-state index is 0.0739. The lowest BCUT2D eigenvalue weighted by molar-refractivity contribution is -0.116. The van der Waals surface area contributed by atoms with Gasteiger partial charge in [-0.15, -0.1) is 0 Å². The van der Waals surface area contributed by atoms with Gasteiger partial charge >= 0.3 is 0 Å². The molecule has 1 N–H and O–H groups in total. The average Bonchev–Trinajstić information content (AvgIpc) is 2.57. The standard InChI is InChI=1S/C14H17NO2/c1-4-11-8-15(14(17)13(11)16)12-9(2)6-5-7-10(12)3/h5-7,16H,4,8H2,1-3H3. The molecule has 0 aromatic heterocycles. The SMILES string of the molecule is CCC1=C(O)C(=O)N(c2c(C)cccc2C)C1. The first kappa shape index (κ1) is 11.7. The zero-order chi connectivity index (χ0) is 12.6. The lowest BCUT2D eigenvalue weighted by Gasteiger charge is -2.21. The molecule has 0 spiro atoms. The number of hydrogen-bond donors (Lipinski definition) is 1. The van der Waals surface area contributed by atoms with Crippen molar-refractivity contribution in [1.82, 2.24) is 0 Å². The van der Waals surface area contributed by atoms with Crippen molar-refractivity contribution in [2.45, 2.75) is 27.2 Å². The maximum absolute atomic E-state index is 12.0. The van der Waals surface area contributed by atoms with Gasteiger partial charge in [0.15, 0.2) is 5.76 Å². The average molecular weight is 231 g/mol. The van der Waals surface area contributed by atoms with Crippen LogP contribution in [0.2, 0.25) is 0 Å². The number of anilines is 1. The highest BCUT2D eigenvalue weighted by Crippen LogP contribution is 2.31. The number of hydrogen-bond acceptors (Lipinski definition) is 2. The molecule has 0 saturated heterocycles. The third-order valence-corrected chi connectivity index (χ3v) is 3.27. The first-order valence-electron chi connectivity index (χ1n) is 5.85. The molecular weight excluding hydrogens is 214 g/mol. The molecule has 0 unspecified atom stereocenters. The van der Waals surface area contributed by atoms with Crippen LogP contribution in [-0.2, 0) is 4.79 Å². The van der Waals surface area contributed by atoms with Gasteiger partial charge in [0.1, 0.15) is 0 Å². The van der Waals surface area contributed by atoms with Crippen molar-refractivity contribution in [3.05, 3.63) is 40.7 Å². The zero-order valence-corrected chi connectivity index (χ0v) is 10.4. The summed E-state index contributed by atoms with van der Waals surface area (Å²) in [5, 5.41) is 9.76. The summed E-state index contributed by atoms with van der Waals surface area (Å²) in [6, 6.07) is 5.94. The molecule has 0 atom stereocenters. The predicted molar refractivity (Wildman–Crippen MR) is 68.2 cm³/mol. The Morgan fingerprint density at radius 3 is 2.35 bits per heavy atom. The first-order chi connectivity index (χ1) is 8.06. The molecule has 1 heterocycles. The quantitative estimate of drug-likeness (QED) is 0.850. The smallest absolute Gasteiger partial charge is 0.293 e. The van der Waals surface area contributed by atoms with Crippen LogP contribution in [0.25, 0.3) is 0 Å². The molecule has 1 aromatic carbocycles. The van der Waals surface area contributed by atoms with Crippen LogP contribution in [0.15, 0.2) is 29.5 Å². The van der Waals surface area contributed by atoms with Crippen LogP contribution < -0.4 is 4.90 Å². The van der Waals surface area contributed by atoms with Gasteiger partial charge in [0.2, 0.25) is 0 Å². The summed E-state index contributed by atoms with van der Waals surface area (Å²) in [6.07, 6.45) is 0.707. The summed E-state index contributed by atoms with van der Waals surface area (Å²) in [4.78, 5) is 13.7. The number of amides is 1. The number of carbonyl (C=O) groups excluding carboxylic acids is 1. The Morgan fingerprint density at radius 2 is 1.88 bits per heavy atom. The van der Waals surface area contributed by atoms with Gasteiger partial charge in [-0.3, -0.25) is 4.79 Å². The number of para-hydroxylation sites is 1. The second kappa shape index (κ2) is 4.24. The Labute approximate surface area is 101 Å². The van der Waals surface area contributed by atoms with Crippen LogP contribution in [-0.4, -0.2) is 17.6 Å². The fourth-order valence-corrected chi connectivity index (χ4v) is 2.31. The highest BCUT2D eigenvalue weighted by molar-refractivity contribution is 6.08. The van der Waals surface area contributed by atoms with Gasteiger partial charge in [-0.25, -0.2) is 0 Å². The largest absolute Gasteiger partial charge is 0.503 e. The normalized spacial score (nSPS) is 15.9. The monoisotopic (exact) mass is 231 g/mol. The molecule has 3 nitrogen and oxygen atoms in total. The number of aryl methyl sites for hydroxylation is 2. The predicted octanol–water partition coefficient (Wildman–Crippen LogP) is 2.87. The molecule has 0 fully saturated rings. The Hall–Kier alpha value is -1.77. The van der Waals surface area contributed by atoms with E-state index in [1.165, 1.54) is 0 Å². The molecule has 90 valence electrons. The van der Waals surface area contributed by atoms with E-state index in [1.807, 2.05) is 39.0 Å². The summed E-state index contributed by atoms with van der Waals surface area (Å²) in [5.74, 6) is -0.352. The number of benzene rings is 1. The molecule has 0 bridgehead atoms. The van der Waals surface area contributed by atoms with E-state index < -0.39 is 0 Å². The third-order valence-electron chi connectivity index (χ3n) is 3.27. The number of nitrogens with zero attached hydrogens (tertiary/aromatic N) is 1. The van der Waals surface area contributed by atoms with Crippen molar-refractivity contribution in [3.8, 4) is 0 Å². The van der Waals surface area contributed by atoms with Gasteiger partial charge in [-0.05, 0) is 37.0 Å². The Bertz CT molecular complexity index is 483. The molecule has 1 amide bonds. The van der Waals surface area contributed by atoms with Crippen molar-refractivity contribution in [2.75, 3.05) is 11.4 Å². The van der Waals surface area contributed by atoms with Crippen LogP contribution >= 0.6 is 0 Å². The molecule has 0 radical (unpaired) electrons. The second-order valence-electron chi connectivity index (χ2n) is 4.44. The van der Waals surface area contributed by atoms with Crippen LogP contribution in [0, 0.1) is 13.8 Å². The maximum atomic E-state index is 12.0. The van der Waals surface area contributed by atoms with Crippen molar-refractivity contribution < 1.29 is 9.90 Å². The Morgan fingerprint density at radius 1 is 1.29 bits per heavy atom. The number of aliphatic hydroxyl groups excluding tert-OH is 1. The Kier molecular flexibility index (Phi) is 2.92. The summed E-state index contributed by atoms with van der Waals surface area (Å²) in [5.41, 5.74) is 3.86. The van der Waals surface area contributed by atoms with E-state index in [1.54, 1.807) is 4.90 Å². The van der Waals surface area contributed by atoms with Gasteiger partial charge < -0.3 is 10.0 Å². The minimum Gasteiger partial charge on any atom is -0.503 e. The van der Waals surface area contributed by atoms with E-state index in [9.17, 15) is 9.90 Å². The first-order valence-corrected chi connectivity index (χ1v) is 5.85. The second-order valence-corrected chi connectivity index (χ2v) is 4.44. The van der Waals surface area contributed by atoms with E-state index in [0.717, 1.165) is 22.4 Å². The van der Waals surface area contributed by atoms with Crippen molar-refractivity contribution >= 4 is 11.6 Å². The molecule has 17 heavy (non-hydrogen) atoms. The van der Waals surface area contributed by atoms with Gasteiger partial charge in [0.05, 0.1) is 12.2 Å². The molecule has 1 aliphatic heterocycles. The fourth-order valence-electron chi connectivity index (χ4n) is 2.31. The molecule has 1 aliphatic rings. The van der Waals surface area contributed by atoms with E-state index in [0.29, 0.717) is 13.0 Å².